The summed E-state index contributed by atoms with van der Waals surface area (Å²) < 4.78 is 0. The number of benzene rings is 1. The quantitative estimate of drug-likeness (QED) is 0.558. The van der Waals surface area contributed by atoms with Crippen molar-refractivity contribution in [3.8, 4) is 0 Å². The van der Waals surface area contributed by atoms with Crippen LogP contribution in [0.4, 0.5) is 0 Å². The van der Waals surface area contributed by atoms with Crippen molar-refractivity contribution in [3.05, 3.63) is 35.4 Å². The first-order valence-corrected chi connectivity index (χ1v) is 5.05. The maximum Gasteiger partial charge on any atom is 0.0328 e. The molecule has 0 radical (unpaired) electrons. The Bertz CT molecular complexity index is 225. The molecule has 0 bridgehead atoms. The number of thiol groups is 1. The third-order valence-electron chi connectivity index (χ3n) is 1.42. The van der Waals surface area contributed by atoms with Gasteiger partial charge in [0.05, 0.1) is 0 Å². The maximum absolute atomic E-state index is 5.35. The molecule has 0 amide bonds. The fraction of sp³-hybridized carbons (Fsp3) is 0.250. The predicted molar refractivity (Wildman–Crippen MR) is 54.6 cm³/mol. The molecule has 0 heterocycles. The molecule has 1 nitrogen and oxygen atoms in total. The summed E-state index contributed by atoms with van der Waals surface area (Å²) in [4.78, 5) is 0. The fourth-order valence-electron chi connectivity index (χ4n) is 0.914. The van der Waals surface area contributed by atoms with Crippen LogP contribution in [0, 0.1) is 0 Å². The van der Waals surface area contributed by atoms with Gasteiger partial charge >= 0.3 is 0 Å². The zero-order chi connectivity index (χ0) is 8.10. The largest absolute Gasteiger partial charge is 0.278 e. The van der Waals surface area contributed by atoms with E-state index >= 15 is 0 Å². The lowest BCUT2D eigenvalue weighted by atomic mass is 10.2. The molecule has 0 aromatic heterocycles. The molecule has 0 atom stereocenters. The van der Waals surface area contributed by atoms with E-state index in [4.69, 9.17) is 5.14 Å². The summed E-state index contributed by atoms with van der Waals surface area (Å²) in [5.41, 5.74) is 2.52. The molecule has 2 N–H and O–H groups in total. The lowest BCUT2D eigenvalue weighted by molar-refractivity contribution is 1.33. The molecule has 0 aliphatic rings. The van der Waals surface area contributed by atoms with Gasteiger partial charge in [0, 0.05) is 11.5 Å². The van der Waals surface area contributed by atoms with Crippen molar-refractivity contribution in [3.63, 3.8) is 0 Å². The van der Waals surface area contributed by atoms with Gasteiger partial charge in [0.25, 0.3) is 0 Å². The van der Waals surface area contributed by atoms with E-state index in [9.17, 15) is 0 Å². The Kier molecular flexibility index (Phi) is 3.83. The molecule has 0 saturated heterocycles. The Hall–Kier alpha value is -0.120. The van der Waals surface area contributed by atoms with E-state index in [1.807, 2.05) is 6.07 Å². The molecule has 0 aliphatic heterocycles. The third-order valence-corrected chi connectivity index (χ3v) is 2.29. The second kappa shape index (κ2) is 4.70. The molecule has 0 spiro atoms. The van der Waals surface area contributed by atoms with Gasteiger partial charge in [-0.2, -0.15) is 12.6 Å². The van der Waals surface area contributed by atoms with Crippen LogP contribution < -0.4 is 5.14 Å². The van der Waals surface area contributed by atoms with Crippen LogP contribution in [-0.4, -0.2) is 0 Å². The Morgan fingerprint density at radius 3 is 2.73 bits per heavy atom. The minimum atomic E-state index is 0.795. The molecule has 1 rings (SSSR count). The van der Waals surface area contributed by atoms with Gasteiger partial charge < -0.3 is 0 Å². The van der Waals surface area contributed by atoms with E-state index in [2.05, 4.69) is 30.8 Å². The summed E-state index contributed by atoms with van der Waals surface area (Å²) in [5, 5.41) is 5.35. The molecular weight excluding hydrogens is 174 g/mol. The minimum absolute atomic E-state index is 0.795. The van der Waals surface area contributed by atoms with Gasteiger partial charge in [-0.25, -0.2) is 0 Å². The monoisotopic (exact) mass is 185 g/mol. The molecule has 0 unspecified atom stereocenters. The number of nitrogens with two attached hydrogens (primary N) is 1. The minimum Gasteiger partial charge on any atom is -0.278 e. The van der Waals surface area contributed by atoms with Crippen molar-refractivity contribution in [2.45, 2.75) is 11.5 Å². The molecule has 0 fully saturated rings. The molecule has 3 heteroatoms. The third kappa shape index (κ3) is 2.77. The van der Waals surface area contributed by atoms with Crippen molar-refractivity contribution in [2.24, 2.45) is 5.14 Å². The average molecular weight is 185 g/mol. The predicted octanol–water partition coefficient (Wildman–Crippen LogP) is 2.22. The topological polar surface area (TPSA) is 26.0 Å². The van der Waals surface area contributed by atoms with Crippen LogP contribution in [-0.2, 0) is 11.5 Å². The number of hydrogen-bond donors (Lipinski definition) is 2. The van der Waals surface area contributed by atoms with Crippen LogP contribution in [0.5, 0.6) is 0 Å². The highest BCUT2D eigenvalue weighted by Gasteiger charge is 1.92. The van der Waals surface area contributed by atoms with Crippen LogP contribution in [0.2, 0.25) is 0 Å². The van der Waals surface area contributed by atoms with E-state index in [0.717, 1.165) is 11.5 Å². The van der Waals surface area contributed by atoms with E-state index in [1.165, 1.54) is 23.1 Å². The second-order valence-corrected chi connectivity index (χ2v) is 3.23. The zero-order valence-corrected chi connectivity index (χ0v) is 7.87. The first-order valence-electron chi connectivity index (χ1n) is 3.37. The zero-order valence-electron chi connectivity index (χ0n) is 6.16. The Morgan fingerprint density at radius 1 is 1.36 bits per heavy atom. The Balaban J connectivity index is 2.74. The second-order valence-electron chi connectivity index (χ2n) is 2.29. The van der Waals surface area contributed by atoms with Crippen LogP contribution >= 0.6 is 24.6 Å². The molecular formula is C8H11NS2. The van der Waals surface area contributed by atoms with Crippen LogP contribution in [0.1, 0.15) is 11.1 Å². The van der Waals surface area contributed by atoms with Crippen molar-refractivity contribution in [1.82, 2.24) is 0 Å². The Labute approximate surface area is 76.9 Å². The normalized spacial score (nSPS) is 10.0. The molecule has 1 aromatic carbocycles. The summed E-state index contributed by atoms with van der Waals surface area (Å²) in [6.07, 6.45) is 0. The number of hydrogen-bond acceptors (Lipinski definition) is 3. The summed E-state index contributed by atoms with van der Waals surface area (Å²) in [5.74, 6) is 1.67. The van der Waals surface area contributed by atoms with Crippen molar-refractivity contribution < 1.29 is 0 Å². The highest BCUT2D eigenvalue weighted by atomic mass is 32.2. The molecule has 0 saturated carbocycles. The van der Waals surface area contributed by atoms with Gasteiger partial charge in [0.15, 0.2) is 0 Å². The van der Waals surface area contributed by atoms with E-state index in [-0.39, 0.29) is 0 Å². The van der Waals surface area contributed by atoms with Gasteiger partial charge in [-0.3, -0.25) is 5.14 Å². The smallest absolute Gasteiger partial charge is 0.0328 e. The van der Waals surface area contributed by atoms with Crippen LogP contribution in [0.25, 0.3) is 0 Å². The van der Waals surface area contributed by atoms with Crippen LogP contribution in [0.15, 0.2) is 24.3 Å². The summed E-state index contributed by atoms with van der Waals surface area (Å²) in [7, 11) is 0. The van der Waals surface area contributed by atoms with Gasteiger partial charge in [-0.05, 0) is 11.1 Å². The van der Waals surface area contributed by atoms with E-state index < -0.39 is 0 Å². The molecule has 60 valence electrons. The first kappa shape index (κ1) is 8.97. The van der Waals surface area contributed by atoms with Gasteiger partial charge in [-0.1, -0.05) is 36.2 Å². The van der Waals surface area contributed by atoms with E-state index in [0.29, 0.717) is 0 Å². The first-order chi connectivity index (χ1) is 5.36. The van der Waals surface area contributed by atoms with Crippen molar-refractivity contribution >= 4 is 24.6 Å². The summed E-state index contributed by atoms with van der Waals surface area (Å²) in [6, 6.07) is 8.31. The van der Waals surface area contributed by atoms with E-state index in [1.54, 1.807) is 0 Å². The summed E-state index contributed by atoms with van der Waals surface area (Å²) in [6.45, 7) is 0. The lowest BCUT2D eigenvalue weighted by Crippen LogP contribution is -1.86. The summed E-state index contributed by atoms with van der Waals surface area (Å²) >= 11 is 5.54. The van der Waals surface area contributed by atoms with Gasteiger partial charge in [0.2, 0.25) is 0 Å². The molecule has 11 heavy (non-hydrogen) atoms. The fourth-order valence-corrected chi connectivity index (χ4v) is 1.48. The standard InChI is InChI=1S/C8H11NS2/c9-11-6-8-3-1-2-7(4-8)5-10/h1-4,10H,5-6,9H2. The maximum atomic E-state index is 5.35. The van der Waals surface area contributed by atoms with Gasteiger partial charge in [-0.15, -0.1) is 0 Å². The van der Waals surface area contributed by atoms with Crippen molar-refractivity contribution in [1.29, 1.82) is 0 Å². The van der Waals surface area contributed by atoms with Gasteiger partial charge in [0.1, 0.15) is 0 Å². The lowest BCUT2D eigenvalue weighted by Gasteiger charge is -1.99. The molecule has 0 aliphatic carbocycles. The highest BCUT2D eigenvalue weighted by Crippen LogP contribution is 2.10. The average Bonchev–Trinajstić information content (AvgIpc) is 2.06. The highest BCUT2D eigenvalue weighted by molar-refractivity contribution is 7.96. The Morgan fingerprint density at radius 2 is 2.09 bits per heavy atom. The SMILES string of the molecule is NSCc1cccc(CS)c1. The number of rotatable bonds is 3. The molecule has 1 aromatic rings. The van der Waals surface area contributed by atoms with Crippen molar-refractivity contribution in [2.75, 3.05) is 0 Å². The van der Waals surface area contributed by atoms with Crippen LogP contribution in [0.3, 0.4) is 0 Å².